The van der Waals surface area contributed by atoms with Crippen molar-refractivity contribution in [1.82, 2.24) is 10.6 Å². The van der Waals surface area contributed by atoms with Gasteiger partial charge in [0.05, 0.1) is 23.1 Å². The first kappa shape index (κ1) is 20.3. The summed E-state index contributed by atoms with van der Waals surface area (Å²) in [6.07, 6.45) is 1.64. The molecule has 0 aliphatic carbocycles. The van der Waals surface area contributed by atoms with Gasteiger partial charge in [0, 0.05) is 5.02 Å². The number of halogens is 2. The van der Waals surface area contributed by atoms with E-state index in [1.54, 1.807) is 6.07 Å². The van der Waals surface area contributed by atoms with E-state index in [2.05, 4.69) is 10.6 Å². The Morgan fingerprint density at radius 2 is 2.04 bits per heavy atom. The molecule has 1 aliphatic heterocycles. The molecule has 0 spiro atoms. The van der Waals surface area contributed by atoms with Crippen molar-refractivity contribution in [2.75, 3.05) is 6.54 Å². The summed E-state index contributed by atoms with van der Waals surface area (Å²) in [6.45, 7) is 3.69. The fourth-order valence-corrected chi connectivity index (χ4v) is 2.78. The lowest BCUT2D eigenvalue weighted by molar-refractivity contribution is -0.120. The molecule has 2 amide bonds. The molecule has 0 unspecified atom stereocenters. The van der Waals surface area contributed by atoms with Crippen molar-refractivity contribution in [3.8, 4) is 0 Å². The van der Waals surface area contributed by atoms with Crippen LogP contribution >= 0.6 is 23.2 Å². The van der Waals surface area contributed by atoms with Crippen molar-refractivity contribution >= 4 is 42.1 Å². The van der Waals surface area contributed by atoms with Crippen LogP contribution in [0.25, 0.3) is 0 Å². The first-order valence-electron chi connectivity index (χ1n) is 8.00. The average molecular weight is 401 g/mol. The van der Waals surface area contributed by atoms with Crippen LogP contribution in [-0.4, -0.2) is 36.5 Å². The fraction of sp³-hybridized carbons (Fsp3) is 0.375. The molecule has 1 heterocycles. The smallest absolute Gasteiger partial charge is 0.525 e. The molecule has 26 heavy (non-hydrogen) atoms. The van der Waals surface area contributed by atoms with Gasteiger partial charge in [-0.1, -0.05) is 37.0 Å². The van der Waals surface area contributed by atoms with E-state index in [1.165, 1.54) is 12.1 Å². The van der Waals surface area contributed by atoms with Gasteiger partial charge in [0.15, 0.2) is 0 Å². The first-order valence-corrected chi connectivity index (χ1v) is 8.75. The number of hydrogen-bond donors (Lipinski definition) is 3. The topological polar surface area (TPSA) is 96.9 Å². The summed E-state index contributed by atoms with van der Waals surface area (Å²) in [4.78, 5) is 24.3. The van der Waals surface area contributed by atoms with E-state index in [0.29, 0.717) is 11.4 Å². The molecule has 0 fully saturated rings. The van der Waals surface area contributed by atoms with Gasteiger partial charge in [0.2, 0.25) is 5.91 Å². The Morgan fingerprint density at radius 1 is 1.31 bits per heavy atom. The number of amides is 2. The van der Waals surface area contributed by atoms with E-state index in [0.717, 1.165) is 6.26 Å². The van der Waals surface area contributed by atoms with Crippen molar-refractivity contribution in [2.45, 2.75) is 26.2 Å². The minimum atomic E-state index is -0.820. The first-order chi connectivity index (χ1) is 12.3. The summed E-state index contributed by atoms with van der Waals surface area (Å²) >= 11 is 11.8. The standard InChI is InChI=1S/C16H19BCl2N2O5/c1-9(2)5-13(17-25-8-15(23)26-17)21-14(22)7-20-16(24)11-6-10(18)3-4-12(11)19/h3-4,6,8-9,13,23H,5,7H2,1-2H3,(H,20,24)(H,21,22)/t13-/m0/s1. The molecule has 0 saturated carbocycles. The highest BCUT2D eigenvalue weighted by Crippen LogP contribution is 2.20. The quantitative estimate of drug-likeness (QED) is 0.611. The Hall–Kier alpha value is -2.06. The third kappa shape index (κ3) is 5.74. The van der Waals surface area contributed by atoms with Gasteiger partial charge < -0.3 is 25.0 Å². The van der Waals surface area contributed by atoms with Gasteiger partial charge in [-0.25, -0.2) is 0 Å². The predicted octanol–water partition coefficient (Wildman–Crippen LogP) is 2.69. The Kier molecular flexibility index (Phi) is 7.05. The monoisotopic (exact) mass is 400 g/mol. The van der Waals surface area contributed by atoms with Crippen molar-refractivity contribution in [3.63, 3.8) is 0 Å². The van der Waals surface area contributed by atoms with Crippen LogP contribution in [0.4, 0.5) is 0 Å². The molecule has 1 atom stereocenters. The second kappa shape index (κ2) is 9.05. The fourth-order valence-electron chi connectivity index (χ4n) is 2.41. The highest BCUT2D eigenvalue weighted by atomic mass is 35.5. The third-order valence-electron chi connectivity index (χ3n) is 3.52. The number of benzene rings is 1. The molecule has 1 aromatic carbocycles. The summed E-state index contributed by atoms with van der Waals surface area (Å²) in [7, 11) is -0.820. The lowest BCUT2D eigenvalue weighted by Gasteiger charge is -2.21. The second-order valence-electron chi connectivity index (χ2n) is 6.19. The molecule has 0 bridgehead atoms. The van der Waals surface area contributed by atoms with Crippen LogP contribution in [0, 0.1) is 5.92 Å². The minimum absolute atomic E-state index is 0.183. The van der Waals surface area contributed by atoms with Gasteiger partial charge in [-0.3, -0.25) is 9.59 Å². The van der Waals surface area contributed by atoms with Gasteiger partial charge in [0.25, 0.3) is 11.9 Å². The molecule has 1 aliphatic rings. The van der Waals surface area contributed by atoms with Crippen LogP contribution in [0.15, 0.2) is 30.4 Å². The van der Waals surface area contributed by atoms with Crippen molar-refractivity contribution < 1.29 is 24.0 Å². The van der Waals surface area contributed by atoms with E-state index < -0.39 is 24.9 Å². The lowest BCUT2D eigenvalue weighted by atomic mass is 9.74. The molecule has 0 radical (unpaired) electrons. The number of aliphatic hydroxyl groups is 1. The van der Waals surface area contributed by atoms with E-state index in [-0.39, 0.29) is 29.0 Å². The molecule has 1 aromatic rings. The molecule has 10 heteroatoms. The molecule has 3 N–H and O–H groups in total. The zero-order valence-corrected chi connectivity index (χ0v) is 15.8. The van der Waals surface area contributed by atoms with Gasteiger partial charge in [-0.2, -0.15) is 0 Å². The average Bonchev–Trinajstić information content (AvgIpc) is 3.00. The maximum atomic E-state index is 12.2. The molecule has 7 nitrogen and oxygen atoms in total. The van der Waals surface area contributed by atoms with Crippen LogP contribution < -0.4 is 10.6 Å². The minimum Gasteiger partial charge on any atom is -0.525 e. The number of hydrogen-bond acceptors (Lipinski definition) is 5. The zero-order valence-electron chi connectivity index (χ0n) is 14.3. The second-order valence-corrected chi connectivity index (χ2v) is 7.03. The maximum absolute atomic E-state index is 12.2. The Labute approximate surface area is 161 Å². The van der Waals surface area contributed by atoms with Crippen LogP contribution in [0.5, 0.6) is 0 Å². The Morgan fingerprint density at radius 3 is 2.65 bits per heavy atom. The number of carbonyl (C=O) groups excluding carboxylic acids is 2. The summed E-state index contributed by atoms with van der Waals surface area (Å²) in [5, 5.41) is 15.1. The molecule has 2 rings (SSSR count). The highest BCUT2D eigenvalue weighted by Gasteiger charge is 2.39. The van der Waals surface area contributed by atoms with Gasteiger partial charge in [0.1, 0.15) is 6.26 Å². The zero-order chi connectivity index (χ0) is 19.3. The molecule has 140 valence electrons. The van der Waals surface area contributed by atoms with Gasteiger partial charge in [-0.05, 0) is 30.5 Å². The summed E-state index contributed by atoms with van der Waals surface area (Å²) in [6, 6.07) is 4.49. The molecular weight excluding hydrogens is 382 g/mol. The van der Waals surface area contributed by atoms with Crippen molar-refractivity contribution in [1.29, 1.82) is 0 Å². The summed E-state index contributed by atoms with van der Waals surface area (Å²) in [5.41, 5.74) is 0.183. The normalized spacial score (nSPS) is 14.3. The Bertz CT molecular complexity index is 714. The lowest BCUT2D eigenvalue weighted by Crippen LogP contribution is -2.50. The highest BCUT2D eigenvalue weighted by molar-refractivity contribution is 6.48. The van der Waals surface area contributed by atoms with Crippen LogP contribution in [-0.2, 0) is 14.1 Å². The van der Waals surface area contributed by atoms with Crippen LogP contribution in [0.3, 0.4) is 0 Å². The van der Waals surface area contributed by atoms with E-state index >= 15 is 0 Å². The van der Waals surface area contributed by atoms with E-state index in [9.17, 15) is 14.7 Å². The number of aliphatic hydroxyl groups excluding tert-OH is 1. The largest absolute Gasteiger partial charge is 0.620 e. The van der Waals surface area contributed by atoms with Crippen molar-refractivity contribution in [2.24, 2.45) is 5.92 Å². The van der Waals surface area contributed by atoms with E-state index in [1.807, 2.05) is 13.8 Å². The summed E-state index contributed by atoms with van der Waals surface area (Å²) in [5.74, 6) is -1.53. The Balaban J connectivity index is 1.91. The third-order valence-corrected chi connectivity index (χ3v) is 4.09. The van der Waals surface area contributed by atoms with E-state index in [4.69, 9.17) is 32.5 Å². The predicted molar refractivity (Wildman–Crippen MR) is 98.8 cm³/mol. The molecular formula is C16H19BCl2N2O5. The number of rotatable bonds is 7. The van der Waals surface area contributed by atoms with Crippen LogP contribution in [0.1, 0.15) is 30.6 Å². The number of nitrogens with one attached hydrogen (secondary N) is 2. The SMILES string of the molecule is CC(C)C[C@H](NC(=O)CNC(=O)c1cc(Cl)ccc1Cl)B1OC=C(O)O1. The van der Waals surface area contributed by atoms with Crippen LogP contribution in [0.2, 0.25) is 10.0 Å². The van der Waals surface area contributed by atoms with Gasteiger partial charge in [-0.15, -0.1) is 0 Å². The molecule has 0 aromatic heterocycles. The number of carbonyl (C=O) groups is 2. The molecule has 0 saturated heterocycles. The maximum Gasteiger partial charge on any atom is 0.620 e. The van der Waals surface area contributed by atoms with Gasteiger partial charge >= 0.3 is 7.12 Å². The summed E-state index contributed by atoms with van der Waals surface area (Å²) < 4.78 is 10.3. The van der Waals surface area contributed by atoms with Crippen molar-refractivity contribution in [3.05, 3.63) is 46.0 Å².